The Labute approximate surface area is 295 Å². The van der Waals surface area contributed by atoms with E-state index in [9.17, 15) is 19.8 Å². The summed E-state index contributed by atoms with van der Waals surface area (Å²) in [4.78, 5) is 26.3. The zero-order valence-corrected chi connectivity index (χ0v) is 32.3. The Bertz CT molecular complexity index is 1400. The van der Waals surface area contributed by atoms with E-state index >= 15 is 0 Å². The van der Waals surface area contributed by atoms with Crippen LogP contribution in [0.2, 0.25) is 0 Å². The molecule has 0 heterocycles. The van der Waals surface area contributed by atoms with Crippen molar-refractivity contribution in [3.05, 3.63) is 69.8 Å². The van der Waals surface area contributed by atoms with Gasteiger partial charge in [-0.1, -0.05) is 120 Å². The highest BCUT2D eigenvalue weighted by Crippen LogP contribution is 2.52. The number of benzene rings is 2. The number of phenolic OH excluding ortho intramolecular Hbond substituents is 2. The van der Waals surface area contributed by atoms with Crippen molar-refractivity contribution in [2.45, 2.75) is 143 Å². The molecule has 0 aromatic heterocycles. The molecule has 0 amide bonds. The van der Waals surface area contributed by atoms with Gasteiger partial charge in [-0.2, -0.15) is 0 Å². The highest BCUT2D eigenvalue weighted by Gasteiger charge is 2.50. The van der Waals surface area contributed by atoms with Crippen LogP contribution in [0.3, 0.4) is 0 Å². The topological polar surface area (TPSA) is 93.1 Å². The molecule has 2 aliphatic rings. The Balaban J connectivity index is 1.40. The summed E-state index contributed by atoms with van der Waals surface area (Å²) in [5.41, 5.74) is 4.16. The number of phenols is 2. The second-order valence-corrected chi connectivity index (χ2v) is 19.0. The fraction of sp³-hybridized carbons (Fsp3) is 0.628. The van der Waals surface area contributed by atoms with Crippen LogP contribution in [-0.4, -0.2) is 35.4 Å². The van der Waals surface area contributed by atoms with Crippen molar-refractivity contribution in [1.29, 1.82) is 0 Å². The number of carbonyl (C=O) groups is 2. The van der Waals surface area contributed by atoms with Gasteiger partial charge in [0.1, 0.15) is 24.7 Å². The van der Waals surface area contributed by atoms with Crippen molar-refractivity contribution in [3.63, 3.8) is 0 Å². The summed E-state index contributed by atoms with van der Waals surface area (Å²) in [6.07, 6.45) is 7.77. The fourth-order valence-electron chi connectivity index (χ4n) is 7.48. The van der Waals surface area contributed by atoms with E-state index in [2.05, 4.69) is 95.2 Å². The number of aromatic hydroxyl groups is 2. The van der Waals surface area contributed by atoms with Gasteiger partial charge in [0, 0.05) is 18.3 Å². The zero-order chi connectivity index (χ0) is 36.7. The van der Waals surface area contributed by atoms with E-state index in [1.165, 1.54) is 0 Å². The van der Waals surface area contributed by atoms with Crippen LogP contribution in [0.4, 0.5) is 0 Å². The van der Waals surface area contributed by atoms with Crippen LogP contribution in [0.5, 0.6) is 11.5 Å². The lowest BCUT2D eigenvalue weighted by molar-refractivity contribution is -0.155. The first-order valence-electron chi connectivity index (χ1n) is 18.1. The quantitative estimate of drug-likeness (QED) is 0.193. The summed E-state index contributed by atoms with van der Waals surface area (Å²) in [7, 11) is 0. The standard InChI is InChI=1S/C43H62O6/c1-39(2,3)31-20-27(21-32(37(31)46)40(4,5)6)14-17-35(44)48-25-43(24-29-13-16-30(43)19-29)26-49-36(45)18-15-28-22-33(41(7,8)9)38(47)34(23-28)42(10,11)12/h13,16,20-23,29-30,46-47H,14-15,17-19,24-26H2,1-12H3. The Morgan fingerprint density at radius 3 is 1.24 bits per heavy atom. The molecule has 2 aliphatic carbocycles. The number of esters is 2. The van der Waals surface area contributed by atoms with Crippen LogP contribution < -0.4 is 0 Å². The first kappa shape index (κ1) is 38.5. The van der Waals surface area contributed by atoms with Gasteiger partial charge in [-0.15, -0.1) is 0 Å². The SMILES string of the molecule is CC(C)(C)c1cc(CCC(=O)OCC2(COC(=O)CCc3cc(C(C)(C)C)c(O)c(C(C)(C)C)c3)CC3C=CC2C3)cc(C(C)(C)C)c1O. The van der Waals surface area contributed by atoms with Gasteiger partial charge in [-0.05, 0) is 92.6 Å². The first-order valence-corrected chi connectivity index (χ1v) is 18.1. The van der Waals surface area contributed by atoms with Crippen molar-refractivity contribution < 1.29 is 29.3 Å². The van der Waals surface area contributed by atoms with Crippen LogP contribution in [0.15, 0.2) is 36.4 Å². The summed E-state index contributed by atoms with van der Waals surface area (Å²) in [5, 5.41) is 22.2. The second kappa shape index (κ2) is 13.8. The number of aryl methyl sites for hydroxylation is 2. The molecule has 6 nitrogen and oxygen atoms in total. The molecule has 2 aromatic carbocycles. The summed E-state index contributed by atoms with van der Waals surface area (Å²) in [5.74, 6) is 0.752. The van der Waals surface area contributed by atoms with Gasteiger partial charge < -0.3 is 19.7 Å². The molecule has 6 heteroatoms. The number of ether oxygens (including phenoxy) is 2. The van der Waals surface area contributed by atoms with Gasteiger partial charge in [0.15, 0.2) is 0 Å². The molecule has 1 saturated carbocycles. The van der Waals surface area contributed by atoms with Crippen LogP contribution in [-0.2, 0) is 53.6 Å². The third-order valence-corrected chi connectivity index (χ3v) is 10.5. The average Bonchev–Trinajstić information content (AvgIpc) is 3.57. The minimum atomic E-state index is -0.417. The zero-order valence-electron chi connectivity index (χ0n) is 32.3. The number of hydrogen-bond donors (Lipinski definition) is 2. The lowest BCUT2D eigenvalue weighted by Crippen LogP contribution is -2.38. The predicted octanol–water partition coefficient (Wildman–Crippen LogP) is 9.52. The smallest absolute Gasteiger partial charge is 0.306 e. The van der Waals surface area contributed by atoms with Crippen LogP contribution in [0.25, 0.3) is 0 Å². The molecular formula is C43H62O6. The molecule has 2 aromatic rings. The molecular weight excluding hydrogens is 612 g/mol. The monoisotopic (exact) mass is 674 g/mol. The van der Waals surface area contributed by atoms with E-state index in [0.717, 1.165) is 46.2 Å². The lowest BCUT2D eigenvalue weighted by atomic mass is 9.77. The summed E-state index contributed by atoms with van der Waals surface area (Å²) in [6, 6.07) is 8.08. The third kappa shape index (κ3) is 9.10. The Hall–Kier alpha value is -3.28. The van der Waals surface area contributed by atoms with E-state index in [0.29, 0.717) is 30.3 Å². The van der Waals surface area contributed by atoms with E-state index in [4.69, 9.17) is 9.47 Å². The van der Waals surface area contributed by atoms with Crippen molar-refractivity contribution >= 4 is 11.9 Å². The van der Waals surface area contributed by atoms with E-state index in [-0.39, 0.29) is 65.6 Å². The van der Waals surface area contributed by atoms with Crippen molar-refractivity contribution in [2.75, 3.05) is 13.2 Å². The largest absolute Gasteiger partial charge is 0.507 e. The fourth-order valence-corrected chi connectivity index (χ4v) is 7.48. The molecule has 2 atom stereocenters. The molecule has 2 unspecified atom stereocenters. The molecule has 2 bridgehead atoms. The number of fused-ring (bicyclic) bond motifs is 2. The van der Waals surface area contributed by atoms with Gasteiger partial charge in [-0.3, -0.25) is 9.59 Å². The molecule has 0 radical (unpaired) electrons. The van der Waals surface area contributed by atoms with E-state index in [1.54, 1.807) is 0 Å². The second-order valence-electron chi connectivity index (χ2n) is 19.0. The van der Waals surface area contributed by atoms with Gasteiger partial charge >= 0.3 is 11.9 Å². The maximum atomic E-state index is 13.2. The van der Waals surface area contributed by atoms with Gasteiger partial charge in [0.25, 0.3) is 0 Å². The molecule has 2 N–H and O–H groups in total. The van der Waals surface area contributed by atoms with Crippen molar-refractivity contribution in [3.8, 4) is 11.5 Å². The predicted molar refractivity (Wildman–Crippen MR) is 197 cm³/mol. The van der Waals surface area contributed by atoms with Gasteiger partial charge in [0.2, 0.25) is 0 Å². The molecule has 1 fully saturated rings. The molecule has 0 aliphatic heterocycles. The summed E-state index contributed by atoms with van der Waals surface area (Å²) >= 11 is 0. The van der Waals surface area contributed by atoms with Crippen LogP contribution in [0.1, 0.15) is 142 Å². The summed E-state index contributed by atoms with van der Waals surface area (Å²) < 4.78 is 11.9. The lowest BCUT2D eigenvalue weighted by Gasteiger charge is -2.34. The maximum Gasteiger partial charge on any atom is 0.306 e. The highest BCUT2D eigenvalue weighted by atomic mass is 16.5. The number of allylic oxidation sites excluding steroid dienone is 2. The molecule has 4 rings (SSSR count). The minimum Gasteiger partial charge on any atom is -0.507 e. The maximum absolute atomic E-state index is 13.2. The minimum absolute atomic E-state index is 0.208. The Kier molecular flexibility index (Phi) is 10.8. The Morgan fingerprint density at radius 1 is 0.633 bits per heavy atom. The Morgan fingerprint density at radius 2 is 0.980 bits per heavy atom. The average molecular weight is 675 g/mol. The number of hydrogen-bond acceptors (Lipinski definition) is 6. The molecule has 0 saturated heterocycles. The van der Waals surface area contributed by atoms with Gasteiger partial charge in [-0.25, -0.2) is 0 Å². The van der Waals surface area contributed by atoms with Crippen molar-refractivity contribution in [2.24, 2.45) is 17.3 Å². The molecule has 0 spiro atoms. The van der Waals surface area contributed by atoms with E-state index in [1.807, 2.05) is 24.3 Å². The highest BCUT2D eigenvalue weighted by molar-refractivity contribution is 5.70. The molecule has 49 heavy (non-hydrogen) atoms. The van der Waals surface area contributed by atoms with Gasteiger partial charge in [0.05, 0.1) is 0 Å². The number of carbonyl (C=O) groups excluding carboxylic acids is 2. The third-order valence-electron chi connectivity index (χ3n) is 10.5. The normalized spacial score (nSPS) is 18.9. The summed E-state index contributed by atoms with van der Waals surface area (Å²) in [6.45, 7) is 25.5. The number of rotatable bonds is 10. The van der Waals surface area contributed by atoms with Crippen LogP contribution >= 0.6 is 0 Å². The molecule has 270 valence electrons. The van der Waals surface area contributed by atoms with Crippen LogP contribution in [0, 0.1) is 17.3 Å². The van der Waals surface area contributed by atoms with Crippen molar-refractivity contribution in [1.82, 2.24) is 0 Å². The van der Waals surface area contributed by atoms with E-state index < -0.39 is 5.41 Å². The first-order chi connectivity index (χ1) is 22.4.